The Morgan fingerprint density at radius 1 is 0.889 bits per heavy atom. The molecule has 8 nitrogen and oxygen atoms in total. The van der Waals surface area contributed by atoms with Gasteiger partial charge in [0, 0.05) is 41.8 Å². The van der Waals surface area contributed by atoms with Gasteiger partial charge in [0.15, 0.2) is 0 Å². The minimum atomic E-state index is -0.325. The molecule has 0 unspecified atom stereocenters. The number of carbonyl (C=O) groups is 2. The molecule has 45 heavy (non-hydrogen) atoms. The van der Waals surface area contributed by atoms with Gasteiger partial charge in [-0.2, -0.15) is 5.10 Å². The zero-order valence-corrected chi connectivity index (χ0v) is 26.4. The zero-order valence-electron chi connectivity index (χ0n) is 26.4. The fraction of sp³-hybridized carbons (Fsp3) is 0.297. The molecule has 2 N–H and O–H groups in total. The van der Waals surface area contributed by atoms with Crippen LogP contribution in [-0.4, -0.2) is 44.7 Å². The van der Waals surface area contributed by atoms with Crippen LogP contribution in [0.3, 0.4) is 0 Å². The van der Waals surface area contributed by atoms with Crippen molar-refractivity contribution < 1.29 is 9.59 Å². The van der Waals surface area contributed by atoms with E-state index in [1.165, 1.54) is 5.56 Å². The van der Waals surface area contributed by atoms with Gasteiger partial charge in [-0.1, -0.05) is 74.9 Å². The minimum Gasteiger partial charge on any atom is -0.337 e. The van der Waals surface area contributed by atoms with Crippen LogP contribution in [0.1, 0.15) is 60.9 Å². The maximum atomic E-state index is 13.3. The molecule has 0 saturated carbocycles. The number of hydrogen-bond acceptors (Lipinski definition) is 4. The van der Waals surface area contributed by atoms with Crippen LogP contribution in [0.4, 0.5) is 16.3 Å². The van der Waals surface area contributed by atoms with E-state index in [1.807, 2.05) is 84.6 Å². The van der Waals surface area contributed by atoms with E-state index in [2.05, 4.69) is 48.5 Å². The Morgan fingerprint density at radius 2 is 1.60 bits per heavy atom. The van der Waals surface area contributed by atoms with Crippen molar-refractivity contribution in [3.63, 3.8) is 0 Å². The smallest absolute Gasteiger partial charge is 0.324 e. The van der Waals surface area contributed by atoms with Gasteiger partial charge in [0.25, 0.3) is 5.91 Å². The SMILES string of the molecule is Cc1ccc(-n2nc(C(C)(C)C)cc2NC(=O)Nc2ccc(CC3CCN(C(=O)c4nccc5ccccc45)CC3)cc2)cc1. The summed E-state index contributed by atoms with van der Waals surface area (Å²) in [4.78, 5) is 32.7. The highest BCUT2D eigenvalue weighted by Gasteiger charge is 2.26. The van der Waals surface area contributed by atoms with Crippen LogP contribution in [0.25, 0.3) is 16.5 Å². The standard InChI is InChI=1S/C37H40N6O2/c1-25-9-15-30(16-10-25)43-33(24-32(41-43)37(2,3)4)40-36(45)39-29-13-11-26(12-14-29)23-27-18-21-42(22-19-27)35(44)34-31-8-6-5-7-28(31)17-20-38-34/h5-17,20,24,27H,18-19,21-23H2,1-4H3,(H2,39,40,45). The number of carbonyl (C=O) groups excluding carboxylic acids is 2. The van der Waals surface area contributed by atoms with Gasteiger partial charge < -0.3 is 10.2 Å². The van der Waals surface area contributed by atoms with Crippen LogP contribution in [0.2, 0.25) is 0 Å². The predicted molar refractivity (Wildman–Crippen MR) is 180 cm³/mol. The van der Waals surface area contributed by atoms with Crippen LogP contribution in [0.5, 0.6) is 0 Å². The monoisotopic (exact) mass is 600 g/mol. The molecule has 0 atom stereocenters. The van der Waals surface area contributed by atoms with E-state index in [4.69, 9.17) is 5.10 Å². The topological polar surface area (TPSA) is 92.2 Å². The van der Waals surface area contributed by atoms with Crippen molar-refractivity contribution in [1.29, 1.82) is 0 Å². The summed E-state index contributed by atoms with van der Waals surface area (Å²) < 4.78 is 1.78. The maximum absolute atomic E-state index is 13.3. The highest BCUT2D eigenvalue weighted by molar-refractivity contribution is 6.05. The molecule has 8 heteroatoms. The van der Waals surface area contributed by atoms with Crippen molar-refractivity contribution in [3.05, 3.63) is 114 Å². The van der Waals surface area contributed by atoms with E-state index in [1.54, 1.807) is 10.9 Å². The van der Waals surface area contributed by atoms with E-state index in [-0.39, 0.29) is 17.4 Å². The Morgan fingerprint density at radius 3 is 2.31 bits per heavy atom. The molecule has 0 aliphatic carbocycles. The third-order valence-corrected chi connectivity index (χ3v) is 8.51. The van der Waals surface area contributed by atoms with Crippen LogP contribution >= 0.6 is 0 Å². The first-order chi connectivity index (χ1) is 21.6. The molecule has 1 aliphatic heterocycles. The summed E-state index contributed by atoms with van der Waals surface area (Å²) in [6, 6.07) is 27.5. The lowest BCUT2D eigenvalue weighted by Gasteiger charge is -2.32. The Labute approximate surface area is 264 Å². The number of fused-ring (bicyclic) bond motifs is 1. The molecule has 230 valence electrons. The average Bonchev–Trinajstić information content (AvgIpc) is 3.46. The molecule has 0 bridgehead atoms. The van der Waals surface area contributed by atoms with Gasteiger partial charge >= 0.3 is 6.03 Å². The van der Waals surface area contributed by atoms with Gasteiger partial charge in [-0.15, -0.1) is 0 Å². The van der Waals surface area contributed by atoms with E-state index in [9.17, 15) is 9.59 Å². The molecular formula is C37H40N6O2. The number of rotatable bonds is 6. The quantitative estimate of drug-likeness (QED) is 0.208. The molecule has 0 spiro atoms. The molecule has 6 rings (SSSR count). The number of pyridine rings is 1. The molecule has 1 fully saturated rings. The number of anilines is 2. The second-order valence-electron chi connectivity index (χ2n) is 13.0. The summed E-state index contributed by atoms with van der Waals surface area (Å²) in [6.07, 6.45) is 4.55. The summed E-state index contributed by atoms with van der Waals surface area (Å²) in [7, 11) is 0. The van der Waals surface area contributed by atoms with Crippen molar-refractivity contribution in [2.75, 3.05) is 23.7 Å². The number of nitrogens with zero attached hydrogens (tertiary/aromatic N) is 4. The first-order valence-corrected chi connectivity index (χ1v) is 15.6. The minimum absolute atomic E-state index is 0.00972. The summed E-state index contributed by atoms with van der Waals surface area (Å²) in [6.45, 7) is 9.81. The third-order valence-electron chi connectivity index (χ3n) is 8.51. The van der Waals surface area contributed by atoms with E-state index < -0.39 is 0 Å². The fourth-order valence-corrected chi connectivity index (χ4v) is 5.84. The van der Waals surface area contributed by atoms with Gasteiger partial charge in [0.05, 0.1) is 11.4 Å². The maximum Gasteiger partial charge on any atom is 0.324 e. The number of aryl methyl sites for hydroxylation is 1. The average molecular weight is 601 g/mol. The van der Waals surface area contributed by atoms with E-state index >= 15 is 0 Å². The summed E-state index contributed by atoms with van der Waals surface area (Å²) >= 11 is 0. The first-order valence-electron chi connectivity index (χ1n) is 15.6. The lowest BCUT2D eigenvalue weighted by atomic mass is 9.90. The highest BCUT2D eigenvalue weighted by Crippen LogP contribution is 2.28. The van der Waals surface area contributed by atoms with Gasteiger partial charge in [-0.05, 0) is 73.4 Å². The normalized spacial score (nSPS) is 14.0. The second-order valence-corrected chi connectivity index (χ2v) is 13.0. The molecule has 0 radical (unpaired) electrons. The van der Waals surface area contributed by atoms with Crippen LogP contribution in [-0.2, 0) is 11.8 Å². The summed E-state index contributed by atoms with van der Waals surface area (Å²) in [5.74, 6) is 1.12. The van der Waals surface area contributed by atoms with Crippen LogP contribution < -0.4 is 10.6 Å². The number of benzene rings is 3. The Hall–Kier alpha value is -4.98. The molecule has 5 aromatic rings. The lowest BCUT2D eigenvalue weighted by molar-refractivity contribution is 0.0687. The molecule has 3 aromatic carbocycles. The third kappa shape index (κ3) is 6.90. The van der Waals surface area contributed by atoms with E-state index in [0.29, 0.717) is 17.4 Å². The summed E-state index contributed by atoms with van der Waals surface area (Å²) in [5.41, 5.74) is 5.24. The van der Waals surface area contributed by atoms with Crippen molar-refractivity contribution >= 4 is 34.2 Å². The van der Waals surface area contributed by atoms with Gasteiger partial charge in [-0.25, -0.2) is 9.48 Å². The fourth-order valence-electron chi connectivity index (χ4n) is 5.84. The van der Waals surface area contributed by atoms with Crippen molar-refractivity contribution in [1.82, 2.24) is 19.7 Å². The number of aromatic nitrogens is 3. The molecule has 3 heterocycles. The number of hydrogen-bond donors (Lipinski definition) is 2. The molecular weight excluding hydrogens is 560 g/mol. The Kier molecular flexibility index (Phi) is 8.39. The molecule has 1 aliphatic rings. The van der Waals surface area contributed by atoms with Crippen LogP contribution in [0.15, 0.2) is 91.1 Å². The molecule has 3 amide bonds. The predicted octanol–water partition coefficient (Wildman–Crippen LogP) is 7.77. The number of piperidine rings is 1. The van der Waals surface area contributed by atoms with Gasteiger partial charge in [0.2, 0.25) is 0 Å². The van der Waals surface area contributed by atoms with Gasteiger partial charge in [-0.3, -0.25) is 15.1 Å². The Bertz CT molecular complexity index is 1810. The van der Waals surface area contributed by atoms with E-state index in [0.717, 1.165) is 65.8 Å². The Balaban J connectivity index is 1.04. The largest absolute Gasteiger partial charge is 0.337 e. The van der Waals surface area contributed by atoms with Crippen LogP contribution in [0, 0.1) is 12.8 Å². The van der Waals surface area contributed by atoms with Crippen molar-refractivity contribution in [3.8, 4) is 5.69 Å². The highest BCUT2D eigenvalue weighted by atomic mass is 16.2. The first kappa shape index (κ1) is 30.1. The molecule has 1 saturated heterocycles. The lowest BCUT2D eigenvalue weighted by Crippen LogP contribution is -2.39. The zero-order chi connectivity index (χ0) is 31.6. The molecule has 2 aromatic heterocycles. The summed E-state index contributed by atoms with van der Waals surface area (Å²) in [5, 5.41) is 12.7. The number of nitrogens with one attached hydrogen (secondary N) is 2. The number of likely N-dealkylation sites (tertiary alicyclic amines) is 1. The number of amides is 3. The van der Waals surface area contributed by atoms with Crippen molar-refractivity contribution in [2.24, 2.45) is 5.92 Å². The number of urea groups is 1. The second kappa shape index (κ2) is 12.6. The van der Waals surface area contributed by atoms with Gasteiger partial charge in [0.1, 0.15) is 11.5 Å². The van der Waals surface area contributed by atoms with Crippen molar-refractivity contribution in [2.45, 2.75) is 52.4 Å².